The average Bonchev–Trinajstić information content (AvgIpc) is 3.40. The highest BCUT2D eigenvalue weighted by Crippen LogP contribution is 2.28. The van der Waals surface area contributed by atoms with E-state index in [1.54, 1.807) is 14.2 Å². The van der Waals surface area contributed by atoms with Crippen molar-refractivity contribution >= 4 is 11.6 Å². The van der Waals surface area contributed by atoms with E-state index in [1.807, 2.05) is 24.3 Å². The highest BCUT2D eigenvalue weighted by molar-refractivity contribution is 5.93. The Balaban J connectivity index is 1.49. The molecule has 0 spiro atoms. The van der Waals surface area contributed by atoms with E-state index in [0.29, 0.717) is 31.8 Å². The number of nitrogens with zero attached hydrogens (tertiary/aromatic N) is 3. The maximum absolute atomic E-state index is 5.75. The summed E-state index contributed by atoms with van der Waals surface area (Å²) in [4.78, 5) is 4.30. The van der Waals surface area contributed by atoms with Gasteiger partial charge >= 0.3 is 0 Å². The van der Waals surface area contributed by atoms with Crippen LogP contribution >= 0.6 is 0 Å². The molecule has 1 aromatic carbocycles. The minimum atomic E-state index is 0.567. The summed E-state index contributed by atoms with van der Waals surface area (Å²) in [7, 11) is 3.46. The molecule has 152 valence electrons. The minimum absolute atomic E-state index is 0.567. The Morgan fingerprint density at radius 3 is 2.89 bits per heavy atom. The molecule has 3 rings (SSSR count). The SMILES string of the molecule is CN=C(NCc1ccn(C2CCCC2)n1)Nc1cccc(OCCCOC)c1. The summed E-state index contributed by atoms with van der Waals surface area (Å²) in [6, 6.07) is 10.5. The van der Waals surface area contributed by atoms with Crippen molar-refractivity contribution in [2.45, 2.75) is 44.7 Å². The number of guanidine groups is 1. The fourth-order valence-electron chi connectivity index (χ4n) is 3.39. The molecule has 2 aromatic rings. The second-order valence-corrected chi connectivity index (χ2v) is 7.00. The van der Waals surface area contributed by atoms with Crippen LogP contribution in [0.1, 0.15) is 43.8 Å². The highest BCUT2D eigenvalue weighted by atomic mass is 16.5. The third-order valence-electron chi connectivity index (χ3n) is 4.88. The molecule has 7 heteroatoms. The van der Waals surface area contributed by atoms with E-state index >= 15 is 0 Å². The average molecular weight is 386 g/mol. The molecular formula is C21H31N5O2. The first-order valence-corrected chi connectivity index (χ1v) is 10.0. The van der Waals surface area contributed by atoms with Gasteiger partial charge in [-0.3, -0.25) is 9.67 Å². The van der Waals surface area contributed by atoms with Gasteiger partial charge in [0.05, 0.1) is 24.9 Å². The van der Waals surface area contributed by atoms with E-state index < -0.39 is 0 Å². The summed E-state index contributed by atoms with van der Waals surface area (Å²) >= 11 is 0. The Morgan fingerprint density at radius 2 is 2.11 bits per heavy atom. The molecule has 0 atom stereocenters. The molecule has 0 aliphatic heterocycles. The summed E-state index contributed by atoms with van der Waals surface area (Å²) in [5, 5.41) is 11.3. The molecule has 1 fully saturated rings. The van der Waals surface area contributed by atoms with E-state index in [4.69, 9.17) is 14.6 Å². The molecule has 1 heterocycles. The molecule has 1 aliphatic carbocycles. The van der Waals surface area contributed by atoms with Crippen molar-refractivity contribution in [3.8, 4) is 5.75 Å². The number of rotatable bonds is 9. The van der Waals surface area contributed by atoms with Gasteiger partial charge in [-0.05, 0) is 31.0 Å². The van der Waals surface area contributed by atoms with Crippen LogP contribution in [0.25, 0.3) is 0 Å². The van der Waals surface area contributed by atoms with Gasteiger partial charge in [-0.1, -0.05) is 18.9 Å². The second-order valence-electron chi connectivity index (χ2n) is 7.00. The van der Waals surface area contributed by atoms with Crippen molar-refractivity contribution in [2.24, 2.45) is 4.99 Å². The molecule has 28 heavy (non-hydrogen) atoms. The molecule has 0 radical (unpaired) electrons. The minimum Gasteiger partial charge on any atom is -0.493 e. The molecule has 1 aliphatic rings. The van der Waals surface area contributed by atoms with Crippen LogP contribution in [0, 0.1) is 0 Å². The standard InChI is InChI=1S/C21H31N5O2/c1-22-21(23-16-18-11-12-26(25-18)19-8-3-4-9-19)24-17-7-5-10-20(15-17)28-14-6-13-27-2/h5,7,10-12,15,19H,3-4,6,8-9,13-14,16H2,1-2H3,(H2,22,23,24). The van der Waals surface area contributed by atoms with Crippen LogP contribution in [0.15, 0.2) is 41.5 Å². The number of benzene rings is 1. The Kier molecular flexibility index (Phi) is 7.72. The van der Waals surface area contributed by atoms with Gasteiger partial charge in [0, 0.05) is 45.1 Å². The molecule has 1 aromatic heterocycles. The fraction of sp³-hybridized carbons (Fsp3) is 0.524. The quantitative estimate of drug-likeness (QED) is 0.392. The molecule has 7 nitrogen and oxygen atoms in total. The van der Waals surface area contributed by atoms with Gasteiger partial charge in [0.15, 0.2) is 5.96 Å². The Hall–Kier alpha value is -2.54. The topological polar surface area (TPSA) is 72.7 Å². The van der Waals surface area contributed by atoms with Gasteiger partial charge in [-0.25, -0.2) is 0 Å². The molecule has 0 bridgehead atoms. The monoisotopic (exact) mass is 385 g/mol. The lowest BCUT2D eigenvalue weighted by molar-refractivity contribution is 0.172. The first-order chi connectivity index (χ1) is 13.8. The van der Waals surface area contributed by atoms with Gasteiger partial charge in [0.2, 0.25) is 0 Å². The van der Waals surface area contributed by atoms with Crippen molar-refractivity contribution in [1.82, 2.24) is 15.1 Å². The summed E-state index contributed by atoms with van der Waals surface area (Å²) in [5.41, 5.74) is 1.94. The van der Waals surface area contributed by atoms with Crippen LogP contribution in [0.2, 0.25) is 0 Å². The lowest BCUT2D eigenvalue weighted by atomic mass is 10.3. The predicted octanol–water partition coefficient (Wildman–Crippen LogP) is 3.60. The second kappa shape index (κ2) is 10.7. The van der Waals surface area contributed by atoms with Crippen LogP contribution in [0.5, 0.6) is 5.75 Å². The molecule has 0 unspecified atom stereocenters. The van der Waals surface area contributed by atoms with Crippen LogP contribution in [-0.4, -0.2) is 43.1 Å². The lowest BCUT2D eigenvalue weighted by Crippen LogP contribution is -2.30. The van der Waals surface area contributed by atoms with Crippen LogP contribution < -0.4 is 15.4 Å². The largest absolute Gasteiger partial charge is 0.493 e. The predicted molar refractivity (Wildman–Crippen MR) is 112 cm³/mol. The summed E-state index contributed by atoms with van der Waals surface area (Å²) in [6.07, 6.45) is 8.05. The normalized spacial score (nSPS) is 15.0. The number of aliphatic imine (C=N–C) groups is 1. The Labute approximate surface area is 167 Å². The zero-order valence-corrected chi connectivity index (χ0v) is 16.9. The molecule has 1 saturated carbocycles. The fourth-order valence-corrected chi connectivity index (χ4v) is 3.39. The van der Waals surface area contributed by atoms with Gasteiger partial charge < -0.3 is 20.1 Å². The maximum Gasteiger partial charge on any atom is 0.195 e. The molecular weight excluding hydrogens is 354 g/mol. The van der Waals surface area contributed by atoms with Crippen molar-refractivity contribution in [3.05, 3.63) is 42.2 Å². The van der Waals surface area contributed by atoms with Crippen molar-refractivity contribution in [3.63, 3.8) is 0 Å². The Morgan fingerprint density at radius 1 is 1.25 bits per heavy atom. The van der Waals surface area contributed by atoms with Gasteiger partial charge in [0.1, 0.15) is 5.75 Å². The number of hydrogen-bond acceptors (Lipinski definition) is 4. The van der Waals surface area contributed by atoms with Gasteiger partial charge in [0.25, 0.3) is 0 Å². The van der Waals surface area contributed by atoms with Crippen molar-refractivity contribution < 1.29 is 9.47 Å². The van der Waals surface area contributed by atoms with Gasteiger partial charge in [-0.2, -0.15) is 5.10 Å². The van der Waals surface area contributed by atoms with Crippen LogP contribution in [0.4, 0.5) is 5.69 Å². The number of methoxy groups -OCH3 is 1. The first kappa shape index (κ1) is 20.2. The van der Waals surface area contributed by atoms with E-state index in [-0.39, 0.29) is 0 Å². The van der Waals surface area contributed by atoms with E-state index in [0.717, 1.165) is 23.6 Å². The number of ether oxygens (including phenoxy) is 2. The highest BCUT2D eigenvalue weighted by Gasteiger charge is 2.17. The zero-order chi connectivity index (χ0) is 19.6. The summed E-state index contributed by atoms with van der Waals surface area (Å²) in [6.45, 7) is 1.96. The van der Waals surface area contributed by atoms with Crippen LogP contribution in [0.3, 0.4) is 0 Å². The van der Waals surface area contributed by atoms with Crippen molar-refractivity contribution in [2.75, 3.05) is 32.7 Å². The van der Waals surface area contributed by atoms with Crippen molar-refractivity contribution in [1.29, 1.82) is 0 Å². The number of nitrogens with one attached hydrogen (secondary N) is 2. The Bertz CT molecular complexity index is 753. The van der Waals surface area contributed by atoms with Crippen LogP contribution in [-0.2, 0) is 11.3 Å². The molecule has 0 amide bonds. The third-order valence-corrected chi connectivity index (χ3v) is 4.88. The molecule has 2 N–H and O–H groups in total. The lowest BCUT2D eigenvalue weighted by Gasteiger charge is -2.13. The van der Waals surface area contributed by atoms with E-state index in [2.05, 4.69) is 32.6 Å². The van der Waals surface area contributed by atoms with Gasteiger partial charge in [-0.15, -0.1) is 0 Å². The number of anilines is 1. The smallest absolute Gasteiger partial charge is 0.195 e. The summed E-state index contributed by atoms with van der Waals surface area (Å²) < 4.78 is 12.9. The molecule has 0 saturated heterocycles. The van der Waals surface area contributed by atoms with E-state index in [1.165, 1.54) is 25.7 Å². The summed E-state index contributed by atoms with van der Waals surface area (Å²) in [5.74, 6) is 1.53. The zero-order valence-electron chi connectivity index (χ0n) is 16.9. The number of hydrogen-bond donors (Lipinski definition) is 2. The number of aromatic nitrogens is 2. The first-order valence-electron chi connectivity index (χ1n) is 10.0. The third kappa shape index (κ3) is 5.99. The van der Waals surface area contributed by atoms with E-state index in [9.17, 15) is 0 Å². The maximum atomic E-state index is 5.75.